The standard InChI is InChI=1S/C15H15BrN2O.C9H5BrN2.C6H11BrO/c1-17-12-4-5-15-13(7-12)14(16)9-18(15)8-11-3-2-6-19-10-11;1-11-6-2-3-9-7(4-6)8(10)5-12-9;7-4-6-2-1-3-8-5-6/h4-5,7,9,11H,2-3,6,8,10H2;2-5,12H;6H,1-5H2. The van der Waals surface area contributed by atoms with E-state index in [1.54, 1.807) is 6.07 Å². The number of aromatic nitrogens is 2. The summed E-state index contributed by atoms with van der Waals surface area (Å²) < 4.78 is 15.1. The summed E-state index contributed by atoms with van der Waals surface area (Å²) in [6, 6.07) is 11.4. The van der Waals surface area contributed by atoms with Crippen molar-refractivity contribution in [1.82, 2.24) is 9.55 Å². The fourth-order valence-electron chi connectivity index (χ4n) is 4.77. The van der Waals surface area contributed by atoms with E-state index in [1.165, 1.54) is 24.8 Å². The topological polar surface area (TPSA) is 47.9 Å². The van der Waals surface area contributed by atoms with Crippen LogP contribution in [0.3, 0.4) is 0 Å². The van der Waals surface area contributed by atoms with Gasteiger partial charge in [0.1, 0.15) is 0 Å². The molecule has 0 spiro atoms. The van der Waals surface area contributed by atoms with Gasteiger partial charge in [0.15, 0.2) is 11.4 Å². The summed E-state index contributed by atoms with van der Waals surface area (Å²) >= 11 is 10.4. The van der Waals surface area contributed by atoms with E-state index in [2.05, 4.69) is 73.2 Å². The van der Waals surface area contributed by atoms with Gasteiger partial charge in [0, 0.05) is 74.2 Å². The van der Waals surface area contributed by atoms with Gasteiger partial charge in [-0.05, 0) is 87.7 Å². The molecule has 2 aromatic carbocycles. The summed E-state index contributed by atoms with van der Waals surface area (Å²) in [4.78, 5) is 9.93. The lowest BCUT2D eigenvalue weighted by Gasteiger charge is -2.22. The maximum absolute atomic E-state index is 7.09. The maximum atomic E-state index is 7.09. The molecule has 2 saturated heterocycles. The van der Waals surface area contributed by atoms with Crippen molar-refractivity contribution >= 4 is 81.0 Å². The lowest BCUT2D eigenvalue weighted by atomic mass is 10.0. The molecule has 0 saturated carbocycles. The van der Waals surface area contributed by atoms with Gasteiger partial charge in [0.25, 0.3) is 0 Å². The van der Waals surface area contributed by atoms with E-state index < -0.39 is 0 Å². The Bertz CT molecular complexity index is 1450. The zero-order valence-corrected chi connectivity index (χ0v) is 26.4. The lowest BCUT2D eigenvalue weighted by molar-refractivity contribution is 0.0488. The van der Waals surface area contributed by atoms with Crippen LogP contribution in [-0.2, 0) is 16.0 Å². The minimum Gasteiger partial charge on any atom is -0.381 e. The van der Waals surface area contributed by atoms with Gasteiger partial charge in [-0.1, -0.05) is 28.1 Å². The molecule has 0 amide bonds. The Kier molecular flexibility index (Phi) is 11.5. The van der Waals surface area contributed by atoms with Crippen LogP contribution in [0.4, 0.5) is 11.4 Å². The fourth-order valence-corrected chi connectivity index (χ4v) is 6.28. The molecule has 9 heteroatoms. The second-order valence-electron chi connectivity index (χ2n) is 9.74. The monoisotopic (exact) mass is 716 g/mol. The highest BCUT2D eigenvalue weighted by Gasteiger charge is 2.16. The molecule has 2 fully saturated rings. The Morgan fingerprint density at radius 3 is 2.10 bits per heavy atom. The molecule has 4 heterocycles. The van der Waals surface area contributed by atoms with Gasteiger partial charge < -0.3 is 19.0 Å². The zero-order chi connectivity index (χ0) is 27.6. The van der Waals surface area contributed by atoms with Crippen molar-refractivity contribution < 1.29 is 9.47 Å². The van der Waals surface area contributed by atoms with Gasteiger partial charge in [-0.15, -0.1) is 0 Å². The molecule has 0 bridgehead atoms. The van der Waals surface area contributed by atoms with Crippen LogP contribution in [0.1, 0.15) is 25.7 Å². The third-order valence-electron chi connectivity index (χ3n) is 6.87. The number of aromatic amines is 1. The van der Waals surface area contributed by atoms with Crippen LogP contribution in [0.5, 0.6) is 0 Å². The van der Waals surface area contributed by atoms with Gasteiger partial charge >= 0.3 is 0 Å². The van der Waals surface area contributed by atoms with E-state index in [0.717, 1.165) is 75.9 Å². The van der Waals surface area contributed by atoms with E-state index in [0.29, 0.717) is 17.3 Å². The van der Waals surface area contributed by atoms with Gasteiger partial charge in [0.05, 0.1) is 26.4 Å². The number of ether oxygens (including phenoxy) is 2. The normalized spacial score (nSPS) is 18.8. The van der Waals surface area contributed by atoms with Crippen molar-refractivity contribution in [2.75, 3.05) is 31.8 Å². The second kappa shape index (κ2) is 15.0. The predicted molar refractivity (Wildman–Crippen MR) is 169 cm³/mol. The fraction of sp³-hybridized carbons (Fsp3) is 0.400. The Balaban J connectivity index is 0.000000150. The molecule has 1 N–H and O–H groups in total. The van der Waals surface area contributed by atoms with Crippen molar-refractivity contribution in [2.24, 2.45) is 11.8 Å². The minimum absolute atomic E-state index is 0.594. The highest BCUT2D eigenvalue weighted by Crippen LogP contribution is 2.31. The number of alkyl halides is 1. The highest BCUT2D eigenvalue weighted by atomic mass is 79.9. The Labute approximate surface area is 255 Å². The molecule has 2 atom stereocenters. The number of nitrogens with one attached hydrogen (secondary N) is 1. The molecular formula is C30H31Br3N4O2. The van der Waals surface area contributed by atoms with Crippen LogP contribution in [0.25, 0.3) is 31.5 Å². The first-order valence-electron chi connectivity index (χ1n) is 13.0. The Morgan fingerprint density at radius 2 is 1.51 bits per heavy atom. The van der Waals surface area contributed by atoms with Gasteiger partial charge in [0.2, 0.25) is 0 Å². The first-order chi connectivity index (χ1) is 19.0. The molecule has 2 aliphatic rings. The summed E-state index contributed by atoms with van der Waals surface area (Å²) in [7, 11) is 0. The van der Waals surface area contributed by atoms with Crippen LogP contribution in [0.15, 0.2) is 57.7 Å². The highest BCUT2D eigenvalue weighted by molar-refractivity contribution is 9.11. The summed E-state index contributed by atoms with van der Waals surface area (Å²) in [5.41, 5.74) is 3.59. The number of hydrogen-bond donors (Lipinski definition) is 1. The zero-order valence-electron chi connectivity index (χ0n) is 21.6. The van der Waals surface area contributed by atoms with Crippen LogP contribution in [0.2, 0.25) is 0 Å². The molecule has 0 aliphatic carbocycles. The molecule has 4 aromatic rings. The first-order valence-corrected chi connectivity index (χ1v) is 15.7. The molecule has 2 aromatic heterocycles. The first kappa shape index (κ1) is 29.8. The third kappa shape index (κ3) is 8.19. The van der Waals surface area contributed by atoms with E-state index in [9.17, 15) is 0 Å². The number of H-pyrrole nitrogens is 1. The summed E-state index contributed by atoms with van der Waals surface area (Å²) in [6.07, 6.45) is 8.97. The van der Waals surface area contributed by atoms with Gasteiger partial charge in [-0.25, -0.2) is 9.69 Å². The summed E-state index contributed by atoms with van der Waals surface area (Å²) in [5, 5.41) is 3.28. The van der Waals surface area contributed by atoms with E-state index >= 15 is 0 Å². The average molecular weight is 719 g/mol. The van der Waals surface area contributed by atoms with E-state index in [1.807, 2.05) is 36.5 Å². The van der Waals surface area contributed by atoms with Crippen LogP contribution in [0, 0.1) is 25.0 Å². The predicted octanol–water partition coefficient (Wildman–Crippen LogP) is 9.67. The number of halogens is 3. The number of fused-ring (bicyclic) bond motifs is 2. The van der Waals surface area contributed by atoms with E-state index in [4.69, 9.17) is 22.6 Å². The Hall–Kier alpha value is -2.14. The van der Waals surface area contributed by atoms with Gasteiger partial charge in [-0.3, -0.25) is 0 Å². The van der Waals surface area contributed by atoms with Crippen LogP contribution >= 0.6 is 47.8 Å². The molecular weight excluding hydrogens is 688 g/mol. The van der Waals surface area contributed by atoms with Crippen molar-refractivity contribution in [2.45, 2.75) is 32.2 Å². The number of nitrogens with zero attached hydrogens (tertiary/aromatic N) is 3. The lowest BCUT2D eigenvalue weighted by Crippen LogP contribution is -2.21. The largest absolute Gasteiger partial charge is 0.381 e. The summed E-state index contributed by atoms with van der Waals surface area (Å²) in [5.74, 6) is 1.38. The third-order valence-corrected chi connectivity index (χ3v) is 9.08. The van der Waals surface area contributed by atoms with Crippen LogP contribution in [-0.4, -0.2) is 41.3 Å². The maximum Gasteiger partial charge on any atom is 0.188 e. The van der Waals surface area contributed by atoms with Gasteiger partial charge in [-0.2, -0.15) is 0 Å². The van der Waals surface area contributed by atoms with Crippen molar-refractivity contribution in [3.8, 4) is 0 Å². The van der Waals surface area contributed by atoms with Crippen LogP contribution < -0.4 is 0 Å². The quantitative estimate of drug-likeness (QED) is 0.169. The molecule has 2 aliphatic heterocycles. The van der Waals surface area contributed by atoms with Crippen molar-refractivity contribution in [1.29, 1.82) is 0 Å². The SMILES string of the molecule is BrCC1CCCOC1.[C-]#[N+]c1ccc2[nH]cc(Br)c2c1.[C-]#[N+]c1ccc2c(c1)c(Br)cn2CC1CCCOC1. The minimum atomic E-state index is 0.594. The molecule has 6 rings (SSSR count). The van der Waals surface area contributed by atoms with E-state index in [-0.39, 0.29) is 0 Å². The van der Waals surface area contributed by atoms with Crippen molar-refractivity contribution in [3.63, 3.8) is 0 Å². The summed E-state index contributed by atoms with van der Waals surface area (Å²) in [6.45, 7) is 18.6. The second-order valence-corrected chi connectivity index (χ2v) is 12.1. The smallest absolute Gasteiger partial charge is 0.188 e. The number of benzene rings is 2. The molecule has 204 valence electrons. The molecule has 0 radical (unpaired) electrons. The van der Waals surface area contributed by atoms with Crippen molar-refractivity contribution in [3.05, 3.63) is 80.6 Å². The number of hydrogen-bond acceptors (Lipinski definition) is 2. The number of rotatable bonds is 3. The Morgan fingerprint density at radius 1 is 0.872 bits per heavy atom. The average Bonchev–Trinajstić information content (AvgIpc) is 3.52. The molecule has 2 unspecified atom stereocenters. The molecule has 39 heavy (non-hydrogen) atoms. The molecule has 6 nitrogen and oxygen atoms in total.